The van der Waals surface area contributed by atoms with Crippen LogP contribution in [-0.2, 0) is 17.7 Å². The molecule has 1 aromatic heterocycles. The summed E-state index contributed by atoms with van der Waals surface area (Å²) in [6.07, 6.45) is 1.82. The zero-order valence-electron chi connectivity index (χ0n) is 19.5. The van der Waals surface area contributed by atoms with E-state index in [2.05, 4.69) is 4.98 Å². The molecule has 1 saturated carbocycles. The summed E-state index contributed by atoms with van der Waals surface area (Å²) in [7, 11) is 0. The number of hydrogen-bond donors (Lipinski definition) is 2. The van der Waals surface area contributed by atoms with Crippen LogP contribution in [0.15, 0.2) is 54.7 Å². The number of halogens is 3. The van der Waals surface area contributed by atoms with E-state index in [0.717, 1.165) is 12.1 Å². The summed E-state index contributed by atoms with van der Waals surface area (Å²) in [6, 6.07) is 11.8. The Morgan fingerprint density at radius 3 is 2.43 bits per heavy atom. The molecule has 35 heavy (non-hydrogen) atoms. The molecule has 2 unspecified atom stereocenters. The zero-order chi connectivity index (χ0) is 25.3. The van der Waals surface area contributed by atoms with E-state index in [1.165, 1.54) is 17.2 Å². The van der Waals surface area contributed by atoms with Crippen LogP contribution in [0, 0.1) is 17.6 Å². The fourth-order valence-corrected chi connectivity index (χ4v) is 5.49. The average molecular weight is 499 g/mol. The number of carbonyl (C=O) groups is 1. The third-order valence-corrected chi connectivity index (χ3v) is 7.56. The molecular weight excluding hydrogens is 474 g/mol. The van der Waals surface area contributed by atoms with Gasteiger partial charge in [-0.3, -0.25) is 9.78 Å². The number of aromatic nitrogens is 1. The first-order valence-corrected chi connectivity index (χ1v) is 11.7. The Morgan fingerprint density at radius 1 is 1.14 bits per heavy atom. The Labute approximate surface area is 207 Å². The van der Waals surface area contributed by atoms with Crippen LogP contribution in [0.2, 0.25) is 5.02 Å². The van der Waals surface area contributed by atoms with E-state index in [1.54, 1.807) is 44.2 Å². The molecule has 1 aliphatic heterocycles. The monoisotopic (exact) mass is 498 g/mol. The molecule has 2 aliphatic rings. The minimum absolute atomic E-state index is 0.00341. The summed E-state index contributed by atoms with van der Waals surface area (Å²) in [5, 5.41) is 23.0. The molecule has 3 atom stereocenters. The van der Waals surface area contributed by atoms with Crippen LogP contribution in [-0.4, -0.2) is 31.6 Å². The molecule has 2 N–H and O–H groups in total. The van der Waals surface area contributed by atoms with Crippen LogP contribution in [0.25, 0.3) is 0 Å². The van der Waals surface area contributed by atoms with Crippen molar-refractivity contribution in [3.63, 3.8) is 0 Å². The third kappa shape index (κ3) is 3.48. The smallest absolute Gasteiger partial charge is 0.255 e. The first kappa shape index (κ1) is 23.9. The lowest BCUT2D eigenvalue weighted by Gasteiger charge is -2.44. The Morgan fingerprint density at radius 2 is 1.86 bits per heavy atom. The number of aliphatic hydroxyl groups is 2. The molecule has 1 aliphatic carbocycles. The molecule has 0 spiro atoms. The molecule has 5 rings (SSSR count). The fourth-order valence-electron chi connectivity index (χ4n) is 5.37. The van der Waals surface area contributed by atoms with Crippen LogP contribution in [0.3, 0.4) is 0 Å². The maximum atomic E-state index is 14.6. The molecule has 0 bridgehead atoms. The number of amides is 1. The average Bonchev–Trinajstić information content (AvgIpc) is 3.34. The number of rotatable bonds is 5. The topological polar surface area (TPSA) is 73.7 Å². The van der Waals surface area contributed by atoms with E-state index in [-0.39, 0.29) is 23.6 Å². The molecule has 1 amide bonds. The Hall–Kier alpha value is -2.87. The quantitative estimate of drug-likeness (QED) is 0.524. The van der Waals surface area contributed by atoms with Gasteiger partial charge in [0.2, 0.25) is 0 Å². The van der Waals surface area contributed by atoms with Crippen molar-refractivity contribution in [3.8, 4) is 0 Å². The molecule has 8 heteroatoms. The molecule has 2 heterocycles. The summed E-state index contributed by atoms with van der Waals surface area (Å²) < 4.78 is 28.5. The Balaban J connectivity index is 1.80. The fraction of sp³-hybridized carbons (Fsp3) is 0.333. The van der Waals surface area contributed by atoms with Gasteiger partial charge in [0.05, 0.1) is 28.5 Å². The minimum atomic E-state index is -1.49. The molecule has 0 saturated heterocycles. The Kier molecular flexibility index (Phi) is 5.33. The number of nitrogens with zero attached hydrogens (tertiary/aromatic N) is 2. The number of fused-ring (bicyclic) bond motifs is 1. The number of pyridine rings is 1. The van der Waals surface area contributed by atoms with Crippen molar-refractivity contribution in [1.29, 1.82) is 0 Å². The second kappa shape index (κ2) is 7.82. The zero-order valence-corrected chi connectivity index (χ0v) is 20.3. The predicted octanol–water partition coefficient (Wildman–Crippen LogP) is 4.91. The summed E-state index contributed by atoms with van der Waals surface area (Å²) in [4.78, 5) is 19.8. The highest BCUT2D eigenvalue weighted by molar-refractivity contribution is 6.30. The first-order valence-electron chi connectivity index (χ1n) is 11.4. The van der Waals surface area contributed by atoms with Crippen molar-refractivity contribution in [1.82, 2.24) is 9.88 Å². The van der Waals surface area contributed by atoms with Gasteiger partial charge in [0.15, 0.2) is 11.6 Å². The lowest BCUT2D eigenvalue weighted by molar-refractivity contribution is -0.0233. The van der Waals surface area contributed by atoms with Crippen molar-refractivity contribution in [3.05, 3.63) is 99.3 Å². The summed E-state index contributed by atoms with van der Waals surface area (Å²) in [5.41, 5.74) is -2.07. The normalized spacial score (nSPS) is 25.7. The maximum absolute atomic E-state index is 14.6. The van der Waals surface area contributed by atoms with E-state index < -0.39 is 34.3 Å². The van der Waals surface area contributed by atoms with Crippen LogP contribution in [0.5, 0.6) is 0 Å². The first-order chi connectivity index (χ1) is 16.4. The van der Waals surface area contributed by atoms with Gasteiger partial charge in [-0.25, -0.2) is 8.78 Å². The van der Waals surface area contributed by atoms with Crippen molar-refractivity contribution >= 4 is 17.5 Å². The van der Waals surface area contributed by atoms with Crippen LogP contribution < -0.4 is 0 Å². The van der Waals surface area contributed by atoms with E-state index in [9.17, 15) is 23.8 Å². The van der Waals surface area contributed by atoms with Crippen molar-refractivity contribution in [2.75, 3.05) is 0 Å². The SMILES string of the molecule is CC1CC1(O)[C@@]1(c2ccc(F)c(F)c2)c2ccc(C(C)(C)O)cc2C(=O)N1Cc1ccc(Cl)cn1. The summed E-state index contributed by atoms with van der Waals surface area (Å²) in [5.74, 6) is -2.71. The molecule has 2 aromatic carbocycles. The third-order valence-electron chi connectivity index (χ3n) is 7.34. The van der Waals surface area contributed by atoms with Gasteiger partial charge < -0.3 is 15.1 Å². The van der Waals surface area contributed by atoms with Gasteiger partial charge in [-0.05, 0) is 73.2 Å². The molecule has 3 aromatic rings. The van der Waals surface area contributed by atoms with Crippen LogP contribution in [0.4, 0.5) is 8.78 Å². The van der Waals surface area contributed by atoms with E-state index in [0.29, 0.717) is 28.3 Å². The van der Waals surface area contributed by atoms with Crippen molar-refractivity contribution in [2.24, 2.45) is 5.92 Å². The standard InChI is InChI=1S/C27H25ClF2N2O3/c1-15-12-26(15,35)27(17-5-9-22(29)23(30)11-17)21-8-4-16(25(2,3)34)10-20(21)24(33)32(27)14-19-7-6-18(28)13-31-19/h4-11,13,15,34-35H,12,14H2,1-3H3/t15?,26?,27-/m1/s1. The lowest BCUT2D eigenvalue weighted by Crippen LogP contribution is -2.55. The lowest BCUT2D eigenvalue weighted by atomic mass is 9.74. The highest BCUT2D eigenvalue weighted by atomic mass is 35.5. The van der Waals surface area contributed by atoms with Gasteiger partial charge in [-0.1, -0.05) is 36.7 Å². The van der Waals surface area contributed by atoms with Crippen molar-refractivity contribution < 1.29 is 23.8 Å². The predicted molar refractivity (Wildman–Crippen MR) is 127 cm³/mol. The second-order valence-electron chi connectivity index (χ2n) is 10.0. The van der Waals surface area contributed by atoms with E-state index >= 15 is 0 Å². The highest BCUT2D eigenvalue weighted by Gasteiger charge is 2.71. The molecule has 182 valence electrons. The summed E-state index contributed by atoms with van der Waals surface area (Å²) >= 11 is 5.99. The Bertz CT molecular complexity index is 1340. The van der Waals surface area contributed by atoms with E-state index in [4.69, 9.17) is 11.6 Å². The van der Waals surface area contributed by atoms with Gasteiger partial charge in [0.1, 0.15) is 5.54 Å². The number of hydrogen-bond acceptors (Lipinski definition) is 4. The largest absolute Gasteiger partial charge is 0.386 e. The maximum Gasteiger partial charge on any atom is 0.255 e. The van der Waals surface area contributed by atoms with Crippen LogP contribution in [0.1, 0.15) is 59.9 Å². The number of carbonyl (C=O) groups excluding carboxylic acids is 1. The van der Waals surface area contributed by atoms with E-state index in [1.807, 2.05) is 6.92 Å². The van der Waals surface area contributed by atoms with Crippen LogP contribution >= 0.6 is 11.6 Å². The van der Waals surface area contributed by atoms with Gasteiger partial charge >= 0.3 is 0 Å². The summed E-state index contributed by atoms with van der Waals surface area (Å²) in [6.45, 7) is 5.08. The highest BCUT2D eigenvalue weighted by Crippen LogP contribution is 2.63. The molecule has 0 radical (unpaired) electrons. The van der Waals surface area contributed by atoms with Gasteiger partial charge in [-0.2, -0.15) is 0 Å². The van der Waals surface area contributed by atoms with Gasteiger partial charge in [0.25, 0.3) is 5.91 Å². The molecule has 1 fully saturated rings. The minimum Gasteiger partial charge on any atom is -0.386 e. The molecule has 5 nitrogen and oxygen atoms in total. The number of benzene rings is 2. The molecular formula is C27H25ClF2N2O3. The van der Waals surface area contributed by atoms with Crippen molar-refractivity contribution in [2.45, 2.75) is 50.5 Å². The van der Waals surface area contributed by atoms with Gasteiger partial charge in [-0.15, -0.1) is 0 Å². The van der Waals surface area contributed by atoms with Gasteiger partial charge in [0, 0.05) is 11.8 Å². The second-order valence-corrected chi connectivity index (χ2v) is 10.5.